The molecule has 256 valence electrons. The predicted octanol–water partition coefficient (Wildman–Crippen LogP) is 10.1. The summed E-state index contributed by atoms with van der Waals surface area (Å²) in [6.45, 7) is 30.8. The van der Waals surface area contributed by atoms with Crippen LogP contribution >= 0.6 is 11.6 Å². The summed E-state index contributed by atoms with van der Waals surface area (Å²) in [5.74, 6) is 1.97. The second-order valence-corrected chi connectivity index (χ2v) is 26.1. The quantitative estimate of drug-likeness (QED) is 0.0894. The summed E-state index contributed by atoms with van der Waals surface area (Å²) in [6.07, 6.45) is 13.5. The largest absolute Gasteiger partial charge is 0.491 e. The van der Waals surface area contributed by atoms with Crippen LogP contribution in [-0.4, -0.2) is 66.7 Å². The van der Waals surface area contributed by atoms with Crippen LogP contribution in [0.4, 0.5) is 0 Å². The van der Waals surface area contributed by atoms with E-state index in [0.29, 0.717) is 23.4 Å². The van der Waals surface area contributed by atoms with Crippen molar-refractivity contribution in [2.75, 3.05) is 20.7 Å². The lowest BCUT2D eigenvalue weighted by Crippen LogP contribution is -2.45. The van der Waals surface area contributed by atoms with Crippen molar-refractivity contribution in [3.05, 3.63) is 76.9 Å². The Bertz CT molecular complexity index is 1290. The average Bonchev–Trinajstić information content (AvgIpc) is 3.45. The van der Waals surface area contributed by atoms with Crippen LogP contribution in [0.3, 0.4) is 0 Å². The van der Waals surface area contributed by atoms with Gasteiger partial charge in [0.05, 0.1) is 38.5 Å². The van der Waals surface area contributed by atoms with Gasteiger partial charge < -0.3 is 28.1 Å². The third-order valence-electron chi connectivity index (χ3n) is 10.4. The Morgan fingerprint density at radius 3 is 2.35 bits per heavy atom. The number of halogens is 1. The maximum absolute atomic E-state index is 7.37. The molecule has 0 bridgehead atoms. The first-order chi connectivity index (χ1) is 21.2. The summed E-state index contributed by atoms with van der Waals surface area (Å²) in [7, 11) is -0.317. The summed E-state index contributed by atoms with van der Waals surface area (Å²) in [4.78, 5) is 5.41. The van der Waals surface area contributed by atoms with Crippen molar-refractivity contribution in [3.63, 3.8) is 0 Å². The van der Waals surface area contributed by atoms with Gasteiger partial charge in [-0.25, -0.2) is 0 Å². The fraction of sp³-hybridized carbons (Fsp3) is 0.649. The third-order valence-corrected chi connectivity index (χ3v) is 19.6. The molecule has 0 radical (unpaired) electrons. The molecule has 2 fully saturated rings. The first kappa shape index (κ1) is 38.6. The van der Waals surface area contributed by atoms with E-state index in [1.807, 2.05) is 55.4 Å². The molecule has 6 atom stereocenters. The second kappa shape index (κ2) is 15.6. The number of allylic oxidation sites excluding steroid dienone is 2. The van der Waals surface area contributed by atoms with E-state index in [1.165, 1.54) is 0 Å². The van der Waals surface area contributed by atoms with Crippen LogP contribution in [0.15, 0.2) is 60.5 Å². The van der Waals surface area contributed by atoms with Crippen molar-refractivity contribution in [1.82, 2.24) is 4.90 Å². The number of benzene rings is 1. The van der Waals surface area contributed by atoms with Crippen LogP contribution in [0.2, 0.25) is 41.3 Å². The number of ether oxygens (including phenoxy) is 2. The zero-order valence-electron chi connectivity index (χ0n) is 30.4. The van der Waals surface area contributed by atoms with Gasteiger partial charge in [-0.1, -0.05) is 90.1 Å². The van der Waals surface area contributed by atoms with Gasteiger partial charge in [-0.15, -0.1) is 0 Å². The highest BCUT2D eigenvalue weighted by molar-refractivity contribution is 6.74. The average molecular weight is 688 g/mol. The Morgan fingerprint density at radius 1 is 1.09 bits per heavy atom. The van der Waals surface area contributed by atoms with Gasteiger partial charge in [-0.2, -0.15) is 0 Å². The van der Waals surface area contributed by atoms with Gasteiger partial charge in [-0.3, -0.25) is 0 Å². The lowest BCUT2D eigenvalue weighted by molar-refractivity contribution is 0.0314. The summed E-state index contributed by atoms with van der Waals surface area (Å²) in [5, 5.41) is 0.846. The number of hydrogen-bond acceptors (Lipinski definition) is 5. The molecule has 0 amide bonds. The van der Waals surface area contributed by atoms with Gasteiger partial charge in [0.15, 0.2) is 16.6 Å². The molecule has 0 N–H and O–H groups in total. The van der Waals surface area contributed by atoms with E-state index in [1.54, 1.807) is 0 Å². The van der Waals surface area contributed by atoms with Crippen LogP contribution in [0, 0.1) is 18.4 Å². The molecule has 1 saturated carbocycles. The minimum Gasteiger partial charge on any atom is -0.491 e. The molecule has 0 aromatic heterocycles. The van der Waals surface area contributed by atoms with Gasteiger partial charge in [0.25, 0.3) is 0 Å². The minimum atomic E-state index is -2.09. The van der Waals surface area contributed by atoms with E-state index in [9.17, 15) is 0 Å². The minimum absolute atomic E-state index is 0.0683. The standard InChI is InChI=1S/C37H59ClN2O4Si2/c1-36(2,3)45(10,11)43-30(26-41-28-19-16-17-27(38)23-28)21-22-31-32-24-29(18-14-15-20-35(39-7)40(8)9)42-33(32)25-34(31)44-46(12,13)37(4,5)6/h14-17,19-23,29-34H,18,24-26H2,1-6,8-13H3/t29?,30-,31?,32?,33?,34?/m1/s1. The van der Waals surface area contributed by atoms with E-state index < -0.39 is 16.6 Å². The van der Waals surface area contributed by atoms with Crippen molar-refractivity contribution >= 4 is 28.2 Å². The smallest absolute Gasteiger partial charge is 0.225 e. The highest BCUT2D eigenvalue weighted by Gasteiger charge is 2.51. The Kier molecular flexibility index (Phi) is 13.1. The maximum atomic E-state index is 7.37. The molecule has 1 aliphatic heterocycles. The second-order valence-electron chi connectivity index (χ2n) is 16.2. The van der Waals surface area contributed by atoms with E-state index in [2.05, 4.69) is 90.8 Å². The number of rotatable bonds is 13. The predicted molar refractivity (Wildman–Crippen MR) is 197 cm³/mol. The Morgan fingerprint density at radius 2 is 1.76 bits per heavy atom. The first-order valence-electron chi connectivity index (χ1n) is 16.7. The van der Waals surface area contributed by atoms with Gasteiger partial charge in [-0.05, 0) is 85.7 Å². The van der Waals surface area contributed by atoms with Gasteiger partial charge >= 0.3 is 0 Å². The highest BCUT2D eigenvalue weighted by atomic mass is 35.5. The van der Waals surface area contributed by atoms with E-state index in [0.717, 1.165) is 25.0 Å². The molecule has 1 saturated heterocycles. The van der Waals surface area contributed by atoms with Crippen molar-refractivity contribution in [3.8, 4) is 5.75 Å². The molecule has 3 rings (SSSR count). The van der Waals surface area contributed by atoms with Crippen LogP contribution < -0.4 is 4.74 Å². The fourth-order valence-corrected chi connectivity index (χ4v) is 8.40. The summed E-state index contributed by atoms with van der Waals surface area (Å²) >= 11 is 6.25. The molecule has 1 heterocycles. The normalized spacial score (nSPS) is 25.2. The summed E-state index contributed by atoms with van der Waals surface area (Å²) in [6, 6.07) is 7.55. The van der Waals surface area contributed by atoms with E-state index in [4.69, 9.17) is 36.5 Å². The summed E-state index contributed by atoms with van der Waals surface area (Å²) < 4.78 is 27.0. The zero-order chi connectivity index (χ0) is 34.5. The Balaban J connectivity index is 1.86. The van der Waals surface area contributed by atoms with Crippen molar-refractivity contribution in [2.45, 2.75) is 121 Å². The lowest BCUT2D eigenvalue weighted by atomic mass is 9.89. The highest BCUT2D eigenvalue weighted by Crippen LogP contribution is 2.49. The molecular weight excluding hydrogens is 628 g/mol. The lowest BCUT2D eigenvalue weighted by Gasteiger charge is -2.40. The SMILES string of the molecule is [C-]#[N+]C(=CC=CCC1CC2C(CC(O[Si](C)(C)C(C)(C)C)C2C=C[C@H](COc2cccc(Cl)c2)O[Si](C)(C)C(C)(C)C)O1)N(C)C. The van der Waals surface area contributed by atoms with Gasteiger partial charge in [0.1, 0.15) is 12.4 Å². The topological polar surface area (TPSA) is 44.5 Å². The van der Waals surface area contributed by atoms with Crippen molar-refractivity contribution in [1.29, 1.82) is 0 Å². The molecule has 5 unspecified atom stereocenters. The molecule has 6 nitrogen and oxygen atoms in total. The molecular formula is C37H59ClN2O4Si2. The van der Waals surface area contributed by atoms with Crippen LogP contribution in [-0.2, 0) is 13.6 Å². The molecule has 46 heavy (non-hydrogen) atoms. The third kappa shape index (κ3) is 10.3. The van der Waals surface area contributed by atoms with Gasteiger partial charge in [0, 0.05) is 10.9 Å². The van der Waals surface area contributed by atoms with Crippen LogP contribution in [0.25, 0.3) is 4.85 Å². The van der Waals surface area contributed by atoms with Crippen molar-refractivity contribution < 1.29 is 18.3 Å². The number of hydrogen-bond donors (Lipinski definition) is 0. The molecule has 9 heteroatoms. The Labute approximate surface area is 287 Å². The number of nitrogens with zero attached hydrogens (tertiary/aromatic N) is 2. The maximum Gasteiger partial charge on any atom is 0.225 e. The molecule has 1 aliphatic carbocycles. The summed E-state index contributed by atoms with van der Waals surface area (Å²) in [5.41, 5.74) is 0. The monoisotopic (exact) mass is 686 g/mol. The Hall–Kier alpha value is -1.87. The van der Waals surface area contributed by atoms with Crippen LogP contribution in [0.1, 0.15) is 60.8 Å². The molecule has 1 aromatic rings. The van der Waals surface area contributed by atoms with Crippen LogP contribution in [0.5, 0.6) is 5.75 Å². The molecule has 0 spiro atoms. The molecule has 2 aliphatic rings. The first-order valence-corrected chi connectivity index (χ1v) is 22.9. The number of fused-ring (bicyclic) bond motifs is 1. The van der Waals surface area contributed by atoms with Crippen molar-refractivity contribution in [2.24, 2.45) is 11.8 Å². The zero-order valence-corrected chi connectivity index (χ0v) is 33.1. The molecule has 1 aromatic carbocycles. The van der Waals surface area contributed by atoms with E-state index >= 15 is 0 Å². The fourth-order valence-electron chi connectivity index (χ4n) is 5.60. The van der Waals surface area contributed by atoms with Gasteiger partial charge in [0.2, 0.25) is 5.82 Å². The van der Waals surface area contributed by atoms with E-state index in [-0.39, 0.29) is 40.4 Å².